The molecule has 0 saturated carbocycles. The van der Waals surface area contributed by atoms with Crippen LogP contribution in [0.25, 0.3) is 10.1 Å². The molecule has 0 unspecified atom stereocenters. The summed E-state index contributed by atoms with van der Waals surface area (Å²) in [6, 6.07) is 4.90. The molecule has 0 spiro atoms. The minimum Gasteiger partial charge on any atom is -0.373 e. The van der Waals surface area contributed by atoms with Crippen LogP contribution in [0.3, 0.4) is 0 Å². The maximum absolute atomic E-state index is 13.2. The standard InChI is InChI=1S/C17H13F3N4OS/c18-11-3-10(5-21-7-11)6-23-14-4-12-13(26-14)1-2-22-15(12)16(25)24-8-17(19,20)9-24/h1-5,7,23H,6,8-9H2. The number of hydrogen-bond acceptors (Lipinski definition) is 5. The highest BCUT2D eigenvalue weighted by Gasteiger charge is 2.46. The molecule has 1 amide bonds. The number of halogens is 3. The van der Waals surface area contributed by atoms with Gasteiger partial charge in [-0.2, -0.15) is 0 Å². The molecule has 0 bridgehead atoms. The van der Waals surface area contributed by atoms with Crippen LogP contribution < -0.4 is 5.32 Å². The predicted octanol–water partition coefficient (Wildman–Crippen LogP) is 3.53. The van der Waals surface area contributed by atoms with Crippen molar-refractivity contribution in [3.63, 3.8) is 0 Å². The number of hydrogen-bond donors (Lipinski definition) is 1. The highest BCUT2D eigenvalue weighted by Crippen LogP contribution is 2.34. The Kier molecular flexibility index (Phi) is 4.03. The monoisotopic (exact) mass is 378 g/mol. The van der Waals surface area contributed by atoms with Crippen molar-refractivity contribution in [2.45, 2.75) is 12.5 Å². The van der Waals surface area contributed by atoms with Gasteiger partial charge in [0.1, 0.15) is 11.5 Å². The van der Waals surface area contributed by atoms with E-state index in [1.165, 1.54) is 23.6 Å². The number of carbonyl (C=O) groups excluding carboxylic acids is 1. The molecule has 1 saturated heterocycles. The predicted molar refractivity (Wildman–Crippen MR) is 92.0 cm³/mol. The number of alkyl halides is 2. The van der Waals surface area contributed by atoms with Crippen LogP contribution in [0.5, 0.6) is 0 Å². The third-order valence-electron chi connectivity index (χ3n) is 4.01. The highest BCUT2D eigenvalue weighted by molar-refractivity contribution is 7.22. The maximum atomic E-state index is 13.2. The number of carbonyl (C=O) groups is 1. The van der Waals surface area contributed by atoms with E-state index in [1.54, 1.807) is 18.3 Å². The fourth-order valence-corrected chi connectivity index (χ4v) is 3.72. The number of nitrogens with zero attached hydrogens (tertiary/aromatic N) is 3. The minimum atomic E-state index is -2.82. The fourth-order valence-electron chi connectivity index (χ4n) is 2.77. The largest absolute Gasteiger partial charge is 0.373 e. The Bertz CT molecular complexity index is 983. The van der Waals surface area contributed by atoms with Crippen LogP contribution in [-0.4, -0.2) is 39.8 Å². The summed E-state index contributed by atoms with van der Waals surface area (Å²) in [4.78, 5) is 21.4. The molecule has 4 heterocycles. The second kappa shape index (κ2) is 6.24. The van der Waals surface area contributed by atoms with Crippen LogP contribution in [0, 0.1) is 5.82 Å². The molecule has 1 aliphatic heterocycles. The van der Waals surface area contributed by atoms with E-state index in [0.29, 0.717) is 17.5 Å². The van der Waals surface area contributed by atoms with E-state index in [9.17, 15) is 18.0 Å². The molecule has 134 valence electrons. The first-order valence-corrected chi connectivity index (χ1v) is 8.62. The zero-order valence-electron chi connectivity index (χ0n) is 13.4. The molecule has 0 atom stereocenters. The summed E-state index contributed by atoms with van der Waals surface area (Å²) in [5.41, 5.74) is 0.842. The third kappa shape index (κ3) is 3.22. The number of pyridine rings is 2. The van der Waals surface area contributed by atoms with Gasteiger partial charge in [0.25, 0.3) is 11.8 Å². The van der Waals surface area contributed by atoms with Crippen LogP contribution in [-0.2, 0) is 6.54 Å². The number of rotatable bonds is 4. The quantitative estimate of drug-likeness (QED) is 0.755. The Hall–Kier alpha value is -2.68. The second-order valence-corrected chi connectivity index (χ2v) is 7.15. The summed E-state index contributed by atoms with van der Waals surface area (Å²) in [6.07, 6.45) is 4.18. The van der Waals surface area contributed by atoms with E-state index in [2.05, 4.69) is 15.3 Å². The van der Waals surface area contributed by atoms with Gasteiger partial charge in [0, 0.05) is 29.0 Å². The molecule has 1 fully saturated rings. The zero-order valence-corrected chi connectivity index (χ0v) is 14.2. The summed E-state index contributed by atoms with van der Waals surface area (Å²) >= 11 is 1.41. The molecule has 3 aromatic heterocycles. The van der Waals surface area contributed by atoms with Gasteiger partial charge in [0.05, 0.1) is 24.3 Å². The van der Waals surface area contributed by atoms with Gasteiger partial charge in [-0.15, -0.1) is 11.3 Å². The molecule has 5 nitrogen and oxygen atoms in total. The molecule has 1 N–H and O–H groups in total. The summed E-state index contributed by atoms with van der Waals surface area (Å²) in [5.74, 6) is -3.73. The molecule has 0 radical (unpaired) electrons. The molecule has 3 aromatic rings. The van der Waals surface area contributed by atoms with Gasteiger partial charge in [0.15, 0.2) is 0 Å². The molecule has 1 aliphatic rings. The number of amides is 1. The molecule has 0 aromatic carbocycles. The Morgan fingerprint density at radius 1 is 1.31 bits per heavy atom. The number of anilines is 1. The Labute approximate surface area is 150 Å². The topological polar surface area (TPSA) is 58.1 Å². The number of nitrogens with one attached hydrogen (secondary N) is 1. The normalized spacial score (nSPS) is 15.7. The lowest BCUT2D eigenvalue weighted by atomic mass is 10.1. The number of fused-ring (bicyclic) bond motifs is 1. The van der Waals surface area contributed by atoms with Crippen LogP contribution >= 0.6 is 11.3 Å². The molecule has 0 aliphatic carbocycles. The van der Waals surface area contributed by atoms with Crippen LogP contribution in [0.2, 0.25) is 0 Å². The van der Waals surface area contributed by atoms with Crippen LogP contribution in [0.4, 0.5) is 18.2 Å². The third-order valence-corrected chi connectivity index (χ3v) is 5.07. The second-order valence-electron chi connectivity index (χ2n) is 6.06. The van der Waals surface area contributed by atoms with Crippen molar-refractivity contribution >= 4 is 32.3 Å². The van der Waals surface area contributed by atoms with E-state index in [0.717, 1.165) is 20.8 Å². The first kappa shape index (κ1) is 16.8. The van der Waals surface area contributed by atoms with Crippen molar-refractivity contribution < 1.29 is 18.0 Å². The highest BCUT2D eigenvalue weighted by atomic mass is 32.1. The number of likely N-dealkylation sites (tertiary alicyclic amines) is 1. The first-order valence-electron chi connectivity index (χ1n) is 7.80. The van der Waals surface area contributed by atoms with Crippen LogP contribution in [0.15, 0.2) is 36.8 Å². The fraction of sp³-hybridized carbons (Fsp3) is 0.235. The van der Waals surface area contributed by atoms with Gasteiger partial charge in [-0.1, -0.05) is 0 Å². The van der Waals surface area contributed by atoms with Gasteiger partial charge in [-0.05, 0) is 23.8 Å². The van der Waals surface area contributed by atoms with Crippen LogP contribution in [0.1, 0.15) is 16.1 Å². The van der Waals surface area contributed by atoms with Crippen molar-refractivity contribution in [2.24, 2.45) is 0 Å². The summed E-state index contributed by atoms with van der Waals surface area (Å²) in [6.45, 7) is -0.788. The molecule has 26 heavy (non-hydrogen) atoms. The van der Waals surface area contributed by atoms with Crippen molar-refractivity contribution in [3.05, 3.63) is 53.9 Å². The molecule has 9 heteroatoms. The molecule has 4 rings (SSSR count). The van der Waals surface area contributed by atoms with Crippen molar-refractivity contribution in [2.75, 3.05) is 18.4 Å². The number of thiophene rings is 1. The lowest BCUT2D eigenvalue weighted by molar-refractivity contribution is -0.113. The van der Waals surface area contributed by atoms with E-state index < -0.39 is 30.7 Å². The summed E-state index contributed by atoms with van der Waals surface area (Å²) in [5, 5.41) is 4.53. The first-order chi connectivity index (χ1) is 12.4. The lowest BCUT2D eigenvalue weighted by Gasteiger charge is -2.38. The van der Waals surface area contributed by atoms with Gasteiger partial charge in [-0.25, -0.2) is 13.2 Å². The van der Waals surface area contributed by atoms with E-state index in [-0.39, 0.29) is 5.69 Å². The molecular formula is C17H13F3N4OS. The Balaban J connectivity index is 1.55. The average molecular weight is 378 g/mol. The summed E-state index contributed by atoms with van der Waals surface area (Å²) < 4.78 is 40.0. The maximum Gasteiger partial charge on any atom is 0.282 e. The smallest absolute Gasteiger partial charge is 0.282 e. The Morgan fingerprint density at radius 3 is 2.85 bits per heavy atom. The van der Waals surface area contributed by atoms with Crippen molar-refractivity contribution in [3.8, 4) is 0 Å². The average Bonchev–Trinajstić information content (AvgIpc) is 3.00. The van der Waals surface area contributed by atoms with Gasteiger partial charge in [0.2, 0.25) is 0 Å². The minimum absolute atomic E-state index is 0.162. The van der Waals surface area contributed by atoms with Crippen molar-refractivity contribution in [1.29, 1.82) is 0 Å². The van der Waals surface area contributed by atoms with E-state index in [1.807, 2.05) is 0 Å². The van der Waals surface area contributed by atoms with Gasteiger partial charge < -0.3 is 10.2 Å². The zero-order chi connectivity index (χ0) is 18.3. The SMILES string of the molecule is O=C(c1nccc2sc(NCc3cncc(F)c3)cc12)N1CC(F)(F)C1. The van der Waals surface area contributed by atoms with Crippen molar-refractivity contribution in [1.82, 2.24) is 14.9 Å². The van der Waals surface area contributed by atoms with E-state index >= 15 is 0 Å². The lowest BCUT2D eigenvalue weighted by Crippen LogP contribution is -2.58. The number of aromatic nitrogens is 2. The Morgan fingerprint density at radius 2 is 2.12 bits per heavy atom. The van der Waals surface area contributed by atoms with Gasteiger partial charge >= 0.3 is 0 Å². The van der Waals surface area contributed by atoms with Gasteiger partial charge in [-0.3, -0.25) is 14.8 Å². The van der Waals surface area contributed by atoms with E-state index in [4.69, 9.17) is 0 Å². The summed E-state index contributed by atoms with van der Waals surface area (Å²) in [7, 11) is 0. The molecular weight excluding hydrogens is 365 g/mol.